The highest BCUT2D eigenvalue weighted by atomic mass is 31.0. The van der Waals surface area contributed by atoms with Crippen LogP contribution in [0.4, 0.5) is 0 Å². The molecule has 4 nitrogen and oxygen atoms in total. The number of hydrogen-bond donors (Lipinski definition) is 0. The molecule has 0 N–H and O–H groups in total. The van der Waals surface area contributed by atoms with E-state index in [1.165, 1.54) is 0 Å². The van der Waals surface area contributed by atoms with Crippen LogP contribution < -0.4 is 0 Å². The van der Waals surface area contributed by atoms with Gasteiger partial charge in [-0.25, -0.2) is 0 Å². The fourth-order valence-corrected chi connectivity index (χ4v) is 0.663. The largest absolute Gasteiger partial charge is 0.378 e. The lowest BCUT2D eigenvalue weighted by Crippen LogP contribution is -2.32. The summed E-state index contributed by atoms with van der Waals surface area (Å²) < 4.78 is 9.51. The van der Waals surface area contributed by atoms with E-state index in [2.05, 4.69) is 10.9 Å². The molecule has 2 saturated heterocycles. The Kier molecular flexibility index (Phi) is 7.08. The van der Waals surface area contributed by atoms with Gasteiger partial charge in [0.25, 0.3) is 0 Å². The van der Waals surface area contributed by atoms with Crippen molar-refractivity contribution in [1.29, 1.82) is 5.26 Å². The molecule has 0 aromatic heterocycles. The third kappa shape index (κ3) is 6.36. The molecule has 0 aromatic carbocycles. The van der Waals surface area contributed by atoms with Crippen molar-refractivity contribution in [3.8, 4) is 6.19 Å². The van der Waals surface area contributed by atoms with Gasteiger partial charge in [0, 0.05) is 0 Å². The highest BCUT2D eigenvalue weighted by Gasteiger charge is 2.05. The van der Waals surface area contributed by atoms with E-state index >= 15 is 0 Å². The van der Waals surface area contributed by atoms with E-state index in [0.29, 0.717) is 13.2 Å². The van der Waals surface area contributed by atoms with Gasteiger partial charge in [0.15, 0.2) is 6.19 Å². The third-order valence-electron chi connectivity index (χ3n) is 1.36. The summed E-state index contributed by atoms with van der Waals surface area (Å²) in [7, 11) is 0. The predicted octanol–water partition coefficient (Wildman–Crippen LogP) is -0.126. The van der Waals surface area contributed by atoms with E-state index in [1.54, 1.807) is 4.90 Å². The van der Waals surface area contributed by atoms with Crippen LogP contribution >= 0.6 is 9.90 Å². The number of nitriles is 1. The van der Waals surface area contributed by atoms with Crippen molar-refractivity contribution < 1.29 is 9.47 Å². The normalized spacial score (nSPS) is 19.4. The molecule has 0 saturated carbocycles. The van der Waals surface area contributed by atoms with Crippen LogP contribution in [0.5, 0.6) is 0 Å². The molecule has 70 valence electrons. The van der Waals surface area contributed by atoms with Crippen molar-refractivity contribution in [2.24, 2.45) is 0 Å². The SMILES string of the molecule is C1CO1.N#CN1CCOCC1.P. The van der Waals surface area contributed by atoms with Gasteiger partial charge in [0.05, 0.1) is 39.5 Å². The first-order chi connectivity index (χ1) is 5.43. The molecule has 12 heavy (non-hydrogen) atoms. The molecule has 2 rings (SSSR count). The van der Waals surface area contributed by atoms with Crippen LogP contribution in [0.2, 0.25) is 0 Å². The molecule has 1 unspecified atom stereocenters. The van der Waals surface area contributed by atoms with E-state index < -0.39 is 0 Å². The van der Waals surface area contributed by atoms with Crippen LogP contribution in [0.3, 0.4) is 0 Å². The zero-order valence-electron chi connectivity index (χ0n) is 7.16. The summed E-state index contributed by atoms with van der Waals surface area (Å²) in [6, 6.07) is 0. The van der Waals surface area contributed by atoms with Crippen molar-refractivity contribution in [1.82, 2.24) is 4.90 Å². The van der Waals surface area contributed by atoms with Gasteiger partial charge in [-0.05, 0) is 0 Å². The minimum Gasteiger partial charge on any atom is -0.378 e. The highest BCUT2D eigenvalue weighted by Crippen LogP contribution is 1.92. The summed E-state index contributed by atoms with van der Waals surface area (Å²) in [5, 5.41) is 8.31. The summed E-state index contributed by atoms with van der Waals surface area (Å²) >= 11 is 0. The molecule has 0 bridgehead atoms. The van der Waals surface area contributed by atoms with Gasteiger partial charge in [-0.1, -0.05) is 0 Å². The smallest absolute Gasteiger partial charge is 0.179 e. The number of morpholine rings is 1. The standard InChI is InChI=1S/C5H8N2O.C2H4O.H3P/c6-5-7-1-3-8-4-2-7;1-2-3-1;/h1-4H2;1-2H2;1H3. The first-order valence-corrected chi connectivity index (χ1v) is 3.73. The summed E-state index contributed by atoms with van der Waals surface area (Å²) in [5.41, 5.74) is 0. The Hall–Kier alpha value is -0.360. The quantitative estimate of drug-likeness (QED) is 0.303. The van der Waals surface area contributed by atoms with Crippen molar-refractivity contribution in [3.05, 3.63) is 0 Å². The maximum Gasteiger partial charge on any atom is 0.179 e. The molecule has 5 heteroatoms. The monoisotopic (exact) mass is 190 g/mol. The highest BCUT2D eigenvalue weighted by molar-refractivity contribution is 6.92. The molecule has 0 aromatic rings. The number of ether oxygens (including phenoxy) is 2. The van der Waals surface area contributed by atoms with Crippen LogP contribution in [0.1, 0.15) is 0 Å². The molecule has 0 radical (unpaired) electrons. The maximum absolute atomic E-state index is 8.31. The van der Waals surface area contributed by atoms with Crippen LogP contribution in [0.25, 0.3) is 0 Å². The molecule has 2 heterocycles. The van der Waals surface area contributed by atoms with Crippen molar-refractivity contribution in [3.63, 3.8) is 0 Å². The minimum absolute atomic E-state index is 0. The molecular weight excluding hydrogens is 175 g/mol. The van der Waals surface area contributed by atoms with Crippen LogP contribution in [0.15, 0.2) is 0 Å². The second-order valence-electron chi connectivity index (χ2n) is 2.31. The van der Waals surface area contributed by atoms with Gasteiger partial charge < -0.3 is 14.4 Å². The number of hydrogen-bond acceptors (Lipinski definition) is 4. The van der Waals surface area contributed by atoms with Gasteiger partial charge in [0.2, 0.25) is 0 Å². The Morgan fingerprint density at radius 3 is 1.75 bits per heavy atom. The Labute approximate surface area is 76.1 Å². The second kappa shape index (κ2) is 7.30. The Morgan fingerprint density at radius 1 is 1.00 bits per heavy atom. The predicted molar refractivity (Wildman–Crippen MR) is 49.9 cm³/mol. The first kappa shape index (κ1) is 11.6. The van der Waals surface area contributed by atoms with Gasteiger partial charge in [-0.15, -0.1) is 0 Å². The van der Waals surface area contributed by atoms with E-state index in [-0.39, 0.29) is 9.90 Å². The average Bonchev–Trinajstić information content (AvgIpc) is 2.92. The zero-order valence-corrected chi connectivity index (χ0v) is 8.57. The van der Waals surface area contributed by atoms with Crippen molar-refractivity contribution >= 4 is 9.90 Å². The fourth-order valence-electron chi connectivity index (χ4n) is 0.663. The molecule has 2 aliphatic heterocycles. The average molecular weight is 190 g/mol. The fraction of sp³-hybridized carbons (Fsp3) is 0.857. The molecular formula is C7H15N2O2P. The molecule has 0 amide bonds. The second-order valence-corrected chi connectivity index (χ2v) is 2.31. The lowest BCUT2D eigenvalue weighted by molar-refractivity contribution is 0.0628. The molecule has 2 aliphatic rings. The Balaban J connectivity index is 0.000000257. The lowest BCUT2D eigenvalue weighted by atomic mass is 10.5. The molecule has 1 atom stereocenters. The lowest BCUT2D eigenvalue weighted by Gasteiger charge is -2.20. The van der Waals surface area contributed by atoms with Crippen molar-refractivity contribution in [2.45, 2.75) is 0 Å². The number of rotatable bonds is 0. The number of epoxide rings is 1. The van der Waals surface area contributed by atoms with Gasteiger partial charge in [0.1, 0.15) is 0 Å². The molecule has 2 fully saturated rings. The van der Waals surface area contributed by atoms with E-state index in [9.17, 15) is 0 Å². The third-order valence-corrected chi connectivity index (χ3v) is 1.36. The van der Waals surface area contributed by atoms with E-state index in [0.717, 1.165) is 26.3 Å². The minimum atomic E-state index is 0. The Morgan fingerprint density at radius 2 is 1.50 bits per heavy atom. The van der Waals surface area contributed by atoms with Gasteiger partial charge in [-0.3, -0.25) is 0 Å². The first-order valence-electron chi connectivity index (χ1n) is 3.73. The summed E-state index contributed by atoms with van der Waals surface area (Å²) in [6.07, 6.45) is 2.06. The topological polar surface area (TPSA) is 48.8 Å². The maximum atomic E-state index is 8.31. The van der Waals surface area contributed by atoms with Crippen LogP contribution in [0, 0.1) is 11.5 Å². The molecule has 0 aliphatic carbocycles. The molecule has 0 spiro atoms. The van der Waals surface area contributed by atoms with Crippen LogP contribution in [-0.4, -0.2) is 44.4 Å². The van der Waals surface area contributed by atoms with E-state index in [4.69, 9.17) is 10.00 Å². The summed E-state index contributed by atoms with van der Waals surface area (Å²) in [6.45, 7) is 4.92. The summed E-state index contributed by atoms with van der Waals surface area (Å²) in [4.78, 5) is 1.70. The Bertz CT molecular complexity index is 138. The van der Waals surface area contributed by atoms with Crippen LogP contribution in [-0.2, 0) is 9.47 Å². The van der Waals surface area contributed by atoms with Crippen molar-refractivity contribution in [2.75, 3.05) is 39.5 Å². The van der Waals surface area contributed by atoms with Gasteiger partial charge in [-0.2, -0.15) is 15.2 Å². The zero-order chi connectivity index (χ0) is 7.94. The number of nitrogens with zero attached hydrogens (tertiary/aromatic N) is 2. The van der Waals surface area contributed by atoms with E-state index in [1.807, 2.05) is 0 Å². The summed E-state index contributed by atoms with van der Waals surface area (Å²) in [5.74, 6) is 0. The van der Waals surface area contributed by atoms with Gasteiger partial charge >= 0.3 is 0 Å².